The minimum Gasteiger partial charge on any atom is -0.508 e. The van der Waals surface area contributed by atoms with Crippen LogP contribution in [0.15, 0.2) is 24.3 Å². The molecule has 0 unspecified atom stereocenters. The minimum atomic E-state index is -0.245. The second-order valence-electron chi connectivity index (χ2n) is 4.50. The molecule has 0 saturated carbocycles. The van der Waals surface area contributed by atoms with Crippen LogP contribution in [0.5, 0.6) is 5.75 Å². The third-order valence-corrected chi connectivity index (χ3v) is 2.75. The number of phenols is 1. The number of benzene rings is 1. The van der Waals surface area contributed by atoms with Gasteiger partial charge in [-0.3, -0.25) is 4.90 Å². The van der Waals surface area contributed by atoms with Crippen molar-refractivity contribution in [3.05, 3.63) is 29.8 Å². The lowest BCUT2D eigenvalue weighted by atomic mass is 10.0. The summed E-state index contributed by atoms with van der Waals surface area (Å²) in [7, 11) is 1.96. The molecular formula is C12H19NO2. The predicted octanol–water partition coefficient (Wildman–Crippen LogP) is 1.59. The van der Waals surface area contributed by atoms with Crippen molar-refractivity contribution in [3.8, 4) is 5.75 Å². The average molecular weight is 209 g/mol. The first-order chi connectivity index (χ1) is 6.95. The van der Waals surface area contributed by atoms with Crippen LogP contribution in [-0.4, -0.2) is 34.3 Å². The van der Waals surface area contributed by atoms with Crippen LogP contribution in [0.25, 0.3) is 0 Å². The first-order valence-corrected chi connectivity index (χ1v) is 5.06. The quantitative estimate of drug-likeness (QED) is 0.791. The zero-order valence-electron chi connectivity index (χ0n) is 9.57. The Hall–Kier alpha value is -1.06. The van der Waals surface area contributed by atoms with Crippen LogP contribution < -0.4 is 0 Å². The Morgan fingerprint density at radius 1 is 1.33 bits per heavy atom. The lowest BCUT2D eigenvalue weighted by Crippen LogP contribution is -2.43. The molecule has 0 aromatic heterocycles. The Kier molecular flexibility index (Phi) is 3.72. The number of phenolic OH excluding ortho intramolecular Hbond substituents is 1. The van der Waals surface area contributed by atoms with Crippen molar-refractivity contribution in [3.63, 3.8) is 0 Å². The normalized spacial score (nSPS) is 12.1. The molecule has 0 aliphatic rings. The third-order valence-electron chi connectivity index (χ3n) is 2.75. The highest BCUT2D eigenvalue weighted by molar-refractivity contribution is 5.27. The molecule has 0 aliphatic heterocycles. The van der Waals surface area contributed by atoms with E-state index in [0.29, 0.717) is 6.54 Å². The molecular weight excluding hydrogens is 190 g/mol. The summed E-state index contributed by atoms with van der Waals surface area (Å²) in [5, 5.41) is 18.5. The highest BCUT2D eigenvalue weighted by Gasteiger charge is 2.22. The highest BCUT2D eigenvalue weighted by atomic mass is 16.3. The molecule has 0 radical (unpaired) electrons. The zero-order chi connectivity index (χ0) is 11.5. The van der Waals surface area contributed by atoms with Crippen LogP contribution in [0.2, 0.25) is 0 Å². The number of nitrogens with zero attached hydrogens (tertiary/aromatic N) is 1. The van der Waals surface area contributed by atoms with Gasteiger partial charge >= 0.3 is 0 Å². The van der Waals surface area contributed by atoms with Crippen LogP contribution in [0, 0.1) is 0 Å². The van der Waals surface area contributed by atoms with Crippen LogP contribution in [0.1, 0.15) is 19.4 Å². The standard InChI is InChI=1S/C12H19NO2/c1-12(2,9-14)13(3)8-10-5-4-6-11(15)7-10/h4-7,14-15H,8-9H2,1-3H3. The van der Waals surface area contributed by atoms with E-state index < -0.39 is 0 Å². The summed E-state index contributed by atoms with van der Waals surface area (Å²) in [6.07, 6.45) is 0. The number of rotatable bonds is 4. The van der Waals surface area contributed by atoms with Gasteiger partial charge in [-0.25, -0.2) is 0 Å². The summed E-state index contributed by atoms with van der Waals surface area (Å²) in [4.78, 5) is 2.06. The maximum Gasteiger partial charge on any atom is 0.115 e. The number of aromatic hydroxyl groups is 1. The van der Waals surface area contributed by atoms with E-state index in [1.807, 2.05) is 33.0 Å². The predicted molar refractivity (Wildman–Crippen MR) is 60.7 cm³/mol. The average Bonchev–Trinajstić information content (AvgIpc) is 2.17. The Balaban J connectivity index is 2.70. The maximum atomic E-state index is 9.32. The zero-order valence-corrected chi connectivity index (χ0v) is 9.57. The molecule has 15 heavy (non-hydrogen) atoms. The highest BCUT2D eigenvalue weighted by Crippen LogP contribution is 2.17. The van der Waals surface area contributed by atoms with Crippen molar-refractivity contribution in [2.75, 3.05) is 13.7 Å². The van der Waals surface area contributed by atoms with E-state index in [1.54, 1.807) is 12.1 Å². The third kappa shape index (κ3) is 3.22. The van der Waals surface area contributed by atoms with E-state index >= 15 is 0 Å². The number of aliphatic hydroxyl groups excluding tert-OH is 1. The fourth-order valence-corrected chi connectivity index (χ4v) is 1.26. The summed E-state index contributed by atoms with van der Waals surface area (Å²) in [5.41, 5.74) is 0.796. The topological polar surface area (TPSA) is 43.7 Å². The Bertz CT molecular complexity index is 323. The summed E-state index contributed by atoms with van der Waals surface area (Å²) in [5.74, 6) is 0.280. The molecule has 0 spiro atoms. The fraction of sp³-hybridized carbons (Fsp3) is 0.500. The number of hydrogen-bond acceptors (Lipinski definition) is 3. The first-order valence-electron chi connectivity index (χ1n) is 5.06. The second-order valence-corrected chi connectivity index (χ2v) is 4.50. The van der Waals surface area contributed by atoms with Crippen LogP contribution >= 0.6 is 0 Å². The minimum absolute atomic E-state index is 0.113. The molecule has 3 heteroatoms. The van der Waals surface area contributed by atoms with Gasteiger partial charge in [-0.05, 0) is 38.6 Å². The SMILES string of the molecule is CN(Cc1cccc(O)c1)C(C)(C)CO. The van der Waals surface area contributed by atoms with Gasteiger partial charge in [-0.15, -0.1) is 0 Å². The Morgan fingerprint density at radius 3 is 2.53 bits per heavy atom. The van der Waals surface area contributed by atoms with Crippen molar-refractivity contribution in [2.24, 2.45) is 0 Å². The number of hydrogen-bond donors (Lipinski definition) is 2. The van der Waals surface area contributed by atoms with Crippen LogP contribution in [-0.2, 0) is 6.54 Å². The van der Waals surface area contributed by atoms with Gasteiger partial charge in [-0.1, -0.05) is 12.1 Å². The lowest BCUT2D eigenvalue weighted by molar-refractivity contribution is 0.0733. The molecule has 0 heterocycles. The van der Waals surface area contributed by atoms with Gasteiger partial charge in [0.1, 0.15) is 5.75 Å². The van der Waals surface area contributed by atoms with Crippen molar-refractivity contribution < 1.29 is 10.2 Å². The van der Waals surface area contributed by atoms with Gasteiger partial charge in [-0.2, -0.15) is 0 Å². The van der Waals surface area contributed by atoms with Gasteiger partial charge in [0.05, 0.1) is 6.61 Å². The van der Waals surface area contributed by atoms with E-state index in [2.05, 4.69) is 4.90 Å². The Labute approximate surface area is 91.0 Å². The lowest BCUT2D eigenvalue weighted by Gasteiger charge is -2.33. The molecule has 0 bridgehead atoms. The Morgan fingerprint density at radius 2 is 2.00 bits per heavy atom. The van der Waals surface area contributed by atoms with Gasteiger partial charge in [0.25, 0.3) is 0 Å². The van der Waals surface area contributed by atoms with Crippen molar-refractivity contribution >= 4 is 0 Å². The van der Waals surface area contributed by atoms with Crippen LogP contribution in [0.3, 0.4) is 0 Å². The van der Waals surface area contributed by atoms with Crippen LogP contribution in [0.4, 0.5) is 0 Å². The number of likely N-dealkylation sites (N-methyl/N-ethyl adjacent to an activating group) is 1. The van der Waals surface area contributed by atoms with E-state index in [9.17, 15) is 10.2 Å². The molecule has 0 saturated heterocycles. The van der Waals surface area contributed by atoms with Gasteiger partial charge in [0.15, 0.2) is 0 Å². The molecule has 1 aromatic rings. The van der Waals surface area contributed by atoms with E-state index in [4.69, 9.17) is 0 Å². The molecule has 2 N–H and O–H groups in total. The van der Waals surface area contributed by atoms with Crippen molar-refractivity contribution in [2.45, 2.75) is 25.9 Å². The monoisotopic (exact) mass is 209 g/mol. The van der Waals surface area contributed by atoms with E-state index in [1.165, 1.54) is 0 Å². The van der Waals surface area contributed by atoms with E-state index in [-0.39, 0.29) is 17.9 Å². The molecule has 0 fully saturated rings. The van der Waals surface area contributed by atoms with Gasteiger partial charge in [0, 0.05) is 12.1 Å². The number of aliphatic hydroxyl groups is 1. The molecule has 1 rings (SSSR count). The summed E-state index contributed by atoms with van der Waals surface area (Å²) < 4.78 is 0. The maximum absolute atomic E-state index is 9.32. The summed E-state index contributed by atoms with van der Waals surface area (Å²) in [6, 6.07) is 7.18. The first kappa shape index (κ1) is 12.0. The fourth-order valence-electron chi connectivity index (χ4n) is 1.26. The summed E-state index contributed by atoms with van der Waals surface area (Å²) in [6.45, 7) is 4.79. The van der Waals surface area contributed by atoms with Gasteiger partial charge < -0.3 is 10.2 Å². The van der Waals surface area contributed by atoms with Gasteiger partial charge in [0.2, 0.25) is 0 Å². The van der Waals surface area contributed by atoms with E-state index in [0.717, 1.165) is 5.56 Å². The molecule has 1 aromatic carbocycles. The summed E-state index contributed by atoms with van der Waals surface area (Å²) >= 11 is 0. The second kappa shape index (κ2) is 4.64. The van der Waals surface area contributed by atoms with Crippen molar-refractivity contribution in [1.29, 1.82) is 0 Å². The molecule has 0 amide bonds. The largest absolute Gasteiger partial charge is 0.508 e. The van der Waals surface area contributed by atoms with Crippen molar-refractivity contribution in [1.82, 2.24) is 4.90 Å². The molecule has 0 atom stereocenters. The molecule has 0 aliphatic carbocycles. The smallest absolute Gasteiger partial charge is 0.115 e. The molecule has 84 valence electrons. The molecule has 3 nitrogen and oxygen atoms in total.